The third kappa shape index (κ3) is 4.05. The number of likely N-dealkylation sites (tertiary alicyclic amines) is 1. The van der Waals surface area contributed by atoms with Gasteiger partial charge in [-0.2, -0.15) is 0 Å². The van der Waals surface area contributed by atoms with Crippen LogP contribution < -0.4 is 4.74 Å². The van der Waals surface area contributed by atoms with Crippen molar-refractivity contribution in [2.75, 3.05) is 13.1 Å². The number of aliphatic carboxylic acids is 1. The van der Waals surface area contributed by atoms with E-state index in [1.54, 1.807) is 4.90 Å². The minimum absolute atomic E-state index is 0.0492. The molecular weight excluding hydrogens is 339 g/mol. The van der Waals surface area contributed by atoms with Gasteiger partial charge in [0, 0.05) is 13.1 Å². The second-order valence-corrected chi connectivity index (χ2v) is 6.72. The quantitative estimate of drug-likeness (QED) is 0.880. The lowest BCUT2D eigenvalue weighted by Crippen LogP contribution is -2.37. The number of alkyl halides is 3. The SMILES string of the molecule is O=C(O)C1CCN(C(=O)C2(Cc3ccc(OC(F)(F)F)cc3)CC2)C1. The van der Waals surface area contributed by atoms with E-state index in [0.717, 1.165) is 5.56 Å². The molecule has 1 N–H and O–H groups in total. The van der Waals surface area contributed by atoms with Crippen LogP contribution in [0.15, 0.2) is 24.3 Å². The zero-order valence-electron chi connectivity index (χ0n) is 13.4. The summed E-state index contributed by atoms with van der Waals surface area (Å²) in [6, 6.07) is 5.52. The molecule has 3 rings (SSSR count). The van der Waals surface area contributed by atoms with Gasteiger partial charge in [-0.15, -0.1) is 13.2 Å². The van der Waals surface area contributed by atoms with Crippen LogP contribution in [-0.4, -0.2) is 41.3 Å². The molecule has 1 saturated carbocycles. The molecule has 0 bridgehead atoms. The van der Waals surface area contributed by atoms with Crippen molar-refractivity contribution >= 4 is 11.9 Å². The monoisotopic (exact) mass is 357 g/mol. The third-order valence-electron chi connectivity index (χ3n) is 4.83. The van der Waals surface area contributed by atoms with E-state index in [0.29, 0.717) is 32.2 Å². The van der Waals surface area contributed by atoms with E-state index in [2.05, 4.69) is 4.74 Å². The molecule has 0 spiro atoms. The maximum absolute atomic E-state index is 12.7. The molecule has 136 valence electrons. The lowest BCUT2D eigenvalue weighted by Gasteiger charge is -2.23. The van der Waals surface area contributed by atoms with Crippen LogP contribution in [0.1, 0.15) is 24.8 Å². The van der Waals surface area contributed by atoms with Gasteiger partial charge in [-0.3, -0.25) is 9.59 Å². The fourth-order valence-corrected chi connectivity index (χ4v) is 3.30. The number of amides is 1. The number of hydrogen-bond donors (Lipinski definition) is 1. The van der Waals surface area contributed by atoms with Gasteiger partial charge < -0.3 is 14.7 Å². The van der Waals surface area contributed by atoms with Crippen molar-refractivity contribution in [2.45, 2.75) is 32.0 Å². The summed E-state index contributed by atoms with van der Waals surface area (Å²) in [6.07, 6.45) is -2.42. The Bertz CT molecular complexity index is 667. The molecule has 2 aliphatic rings. The average molecular weight is 357 g/mol. The number of carbonyl (C=O) groups is 2. The van der Waals surface area contributed by atoms with E-state index < -0.39 is 23.7 Å². The topological polar surface area (TPSA) is 66.8 Å². The van der Waals surface area contributed by atoms with Crippen LogP contribution in [0, 0.1) is 11.3 Å². The molecule has 0 radical (unpaired) electrons. The number of benzene rings is 1. The van der Waals surface area contributed by atoms with Gasteiger partial charge in [-0.05, 0) is 43.4 Å². The van der Waals surface area contributed by atoms with Crippen molar-refractivity contribution in [3.63, 3.8) is 0 Å². The van der Waals surface area contributed by atoms with Gasteiger partial charge in [-0.25, -0.2) is 0 Å². The van der Waals surface area contributed by atoms with Crippen LogP contribution in [0.3, 0.4) is 0 Å². The second kappa shape index (κ2) is 6.24. The molecule has 1 unspecified atom stereocenters. The number of hydrogen-bond acceptors (Lipinski definition) is 3. The van der Waals surface area contributed by atoms with Gasteiger partial charge in [0.1, 0.15) is 5.75 Å². The molecule has 1 aromatic rings. The molecule has 25 heavy (non-hydrogen) atoms. The normalized spacial score (nSPS) is 21.9. The van der Waals surface area contributed by atoms with Crippen molar-refractivity contribution in [1.29, 1.82) is 0 Å². The van der Waals surface area contributed by atoms with Crippen molar-refractivity contribution in [2.24, 2.45) is 11.3 Å². The maximum Gasteiger partial charge on any atom is 0.573 e. The van der Waals surface area contributed by atoms with E-state index in [4.69, 9.17) is 5.11 Å². The minimum Gasteiger partial charge on any atom is -0.481 e. The predicted molar refractivity (Wildman–Crippen MR) is 80.8 cm³/mol. The van der Waals surface area contributed by atoms with Crippen LogP contribution in [0.2, 0.25) is 0 Å². The Morgan fingerprint density at radius 3 is 2.36 bits per heavy atom. The Balaban J connectivity index is 1.62. The zero-order valence-corrected chi connectivity index (χ0v) is 13.4. The summed E-state index contributed by atoms with van der Waals surface area (Å²) in [4.78, 5) is 25.3. The van der Waals surface area contributed by atoms with Gasteiger partial charge in [0.05, 0.1) is 11.3 Å². The molecule has 5 nitrogen and oxygen atoms in total. The summed E-state index contributed by atoms with van der Waals surface area (Å²) in [5, 5.41) is 9.04. The first-order chi connectivity index (χ1) is 11.7. The van der Waals surface area contributed by atoms with Crippen molar-refractivity contribution < 1.29 is 32.6 Å². The molecule has 2 fully saturated rings. The van der Waals surface area contributed by atoms with Gasteiger partial charge in [-0.1, -0.05) is 12.1 Å². The Morgan fingerprint density at radius 2 is 1.88 bits per heavy atom. The predicted octanol–water partition coefficient (Wildman–Crippen LogP) is 2.84. The number of carbonyl (C=O) groups excluding carboxylic acids is 1. The zero-order chi connectivity index (χ0) is 18.2. The lowest BCUT2D eigenvalue weighted by atomic mass is 9.95. The fraction of sp³-hybridized carbons (Fsp3) is 0.529. The van der Waals surface area contributed by atoms with Crippen LogP contribution in [-0.2, 0) is 16.0 Å². The van der Waals surface area contributed by atoms with Crippen molar-refractivity contribution in [3.05, 3.63) is 29.8 Å². The molecule has 1 heterocycles. The maximum atomic E-state index is 12.7. The van der Waals surface area contributed by atoms with Crippen molar-refractivity contribution in [1.82, 2.24) is 4.90 Å². The number of ether oxygens (including phenoxy) is 1. The van der Waals surface area contributed by atoms with Crippen molar-refractivity contribution in [3.8, 4) is 5.75 Å². The Labute approximate surface area is 142 Å². The number of carboxylic acids is 1. The molecule has 1 amide bonds. The molecule has 0 aromatic heterocycles. The first-order valence-electron chi connectivity index (χ1n) is 8.05. The molecule has 8 heteroatoms. The Kier molecular flexibility index (Phi) is 4.38. The van der Waals surface area contributed by atoms with E-state index >= 15 is 0 Å². The highest BCUT2D eigenvalue weighted by Crippen LogP contribution is 2.50. The highest BCUT2D eigenvalue weighted by atomic mass is 19.4. The van der Waals surface area contributed by atoms with Crippen LogP contribution in [0.5, 0.6) is 5.75 Å². The van der Waals surface area contributed by atoms with Gasteiger partial charge in [0.25, 0.3) is 0 Å². The third-order valence-corrected chi connectivity index (χ3v) is 4.83. The summed E-state index contributed by atoms with van der Waals surface area (Å²) < 4.78 is 40.4. The van der Waals surface area contributed by atoms with Gasteiger partial charge >= 0.3 is 12.3 Å². The molecule has 1 atom stereocenters. The first kappa shape index (κ1) is 17.6. The van der Waals surface area contributed by atoms with E-state index in [1.165, 1.54) is 24.3 Å². The second-order valence-electron chi connectivity index (χ2n) is 6.72. The minimum atomic E-state index is -4.73. The molecule has 1 saturated heterocycles. The number of carboxylic acid groups (broad SMARTS) is 1. The summed E-state index contributed by atoms with van der Waals surface area (Å²) in [5.74, 6) is -1.75. The van der Waals surface area contributed by atoms with Gasteiger partial charge in [0.15, 0.2) is 0 Å². The molecule has 1 aliphatic carbocycles. The van der Waals surface area contributed by atoms with Crippen LogP contribution in [0.4, 0.5) is 13.2 Å². The number of nitrogens with zero attached hydrogens (tertiary/aromatic N) is 1. The number of rotatable bonds is 5. The summed E-state index contributed by atoms with van der Waals surface area (Å²) in [7, 11) is 0. The van der Waals surface area contributed by atoms with E-state index in [9.17, 15) is 22.8 Å². The van der Waals surface area contributed by atoms with Crippen LogP contribution >= 0.6 is 0 Å². The van der Waals surface area contributed by atoms with E-state index in [-0.39, 0.29) is 18.2 Å². The Morgan fingerprint density at radius 1 is 1.24 bits per heavy atom. The smallest absolute Gasteiger partial charge is 0.481 e. The fourth-order valence-electron chi connectivity index (χ4n) is 3.30. The van der Waals surface area contributed by atoms with E-state index in [1.807, 2.05) is 0 Å². The molecule has 1 aliphatic heterocycles. The van der Waals surface area contributed by atoms with Crippen LogP contribution in [0.25, 0.3) is 0 Å². The summed E-state index contributed by atoms with van der Waals surface area (Å²) >= 11 is 0. The number of halogens is 3. The lowest BCUT2D eigenvalue weighted by molar-refractivity contribution is -0.274. The standard InChI is InChI=1S/C17H18F3NO4/c18-17(19,20)25-13-3-1-11(2-4-13)9-16(6-7-16)15(24)21-8-5-12(10-21)14(22)23/h1-4,12H,5-10H2,(H,22,23). The van der Waals surface area contributed by atoms with Gasteiger partial charge in [0.2, 0.25) is 5.91 Å². The average Bonchev–Trinajstić information content (AvgIpc) is 3.12. The first-order valence-corrected chi connectivity index (χ1v) is 8.05. The highest BCUT2D eigenvalue weighted by molar-refractivity contribution is 5.86. The summed E-state index contributed by atoms with van der Waals surface area (Å²) in [5.41, 5.74) is 0.217. The molecule has 1 aromatic carbocycles. The Hall–Kier alpha value is -2.25. The highest BCUT2D eigenvalue weighted by Gasteiger charge is 2.52. The molecular formula is C17H18F3NO4. The largest absolute Gasteiger partial charge is 0.573 e. The summed E-state index contributed by atoms with van der Waals surface area (Å²) in [6.45, 7) is 0.671.